The van der Waals surface area contributed by atoms with Crippen molar-refractivity contribution in [2.75, 3.05) is 20.6 Å². The predicted octanol–water partition coefficient (Wildman–Crippen LogP) is 5.82. The van der Waals surface area contributed by atoms with Crippen molar-refractivity contribution in [3.05, 3.63) is 47.2 Å². The number of aryl methyl sites for hydroxylation is 1. The highest BCUT2D eigenvalue weighted by molar-refractivity contribution is 5.52. The number of nitrogens with zero attached hydrogens (tertiary/aromatic N) is 2. The Morgan fingerprint density at radius 2 is 1.74 bits per heavy atom. The van der Waals surface area contributed by atoms with E-state index in [1.54, 1.807) is 0 Å². The Bertz CT molecular complexity index is 916. The van der Waals surface area contributed by atoms with Crippen LogP contribution in [0.3, 0.4) is 0 Å². The van der Waals surface area contributed by atoms with Crippen LogP contribution in [0.4, 0.5) is 0 Å². The van der Waals surface area contributed by atoms with Crippen molar-refractivity contribution >= 4 is 0 Å². The van der Waals surface area contributed by atoms with Gasteiger partial charge in [-0.15, -0.1) is 0 Å². The molecular formula is C31H50N2O2. The molecule has 2 saturated carbocycles. The summed E-state index contributed by atoms with van der Waals surface area (Å²) >= 11 is 0. The maximum absolute atomic E-state index is 11.0. The summed E-state index contributed by atoms with van der Waals surface area (Å²) in [6.07, 6.45) is 8.11. The second kappa shape index (κ2) is 9.50. The van der Waals surface area contributed by atoms with E-state index in [0.29, 0.717) is 24.2 Å². The molecule has 8 atom stereocenters. The Morgan fingerprint density at radius 3 is 2.23 bits per heavy atom. The van der Waals surface area contributed by atoms with E-state index in [4.69, 9.17) is 4.74 Å². The fourth-order valence-electron chi connectivity index (χ4n) is 8.62. The van der Waals surface area contributed by atoms with E-state index in [1.807, 2.05) is 6.92 Å². The van der Waals surface area contributed by atoms with Gasteiger partial charge < -0.3 is 19.6 Å². The first-order valence-corrected chi connectivity index (χ1v) is 14.0. The molecule has 0 radical (unpaired) electrons. The van der Waals surface area contributed by atoms with Crippen LogP contribution in [0.5, 0.6) is 0 Å². The van der Waals surface area contributed by atoms with E-state index in [-0.39, 0.29) is 22.5 Å². The fraction of sp³-hybridized carbons (Fsp3) is 0.742. The van der Waals surface area contributed by atoms with Crippen LogP contribution in [0.15, 0.2) is 36.0 Å². The third-order valence-corrected chi connectivity index (χ3v) is 10.6. The molecule has 4 heteroatoms. The lowest BCUT2D eigenvalue weighted by molar-refractivity contribution is -0.0614. The first kappa shape index (κ1) is 26.7. The topological polar surface area (TPSA) is 35.9 Å². The molecule has 0 amide bonds. The van der Waals surface area contributed by atoms with Crippen molar-refractivity contribution in [2.45, 2.75) is 110 Å². The van der Waals surface area contributed by atoms with Gasteiger partial charge in [0.15, 0.2) is 0 Å². The van der Waals surface area contributed by atoms with E-state index >= 15 is 0 Å². The lowest BCUT2D eigenvalue weighted by atomic mass is 9.69. The normalized spacial score (nSPS) is 39.3. The van der Waals surface area contributed by atoms with Gasteiger partial charge in [0.05, 0.1) is 18.3 Å². The minimum absolute atomic E-state index is 0.0173. The molecule has 1 aromatic carbocycles. The zero-order chi connectivity index (χ0) is 25.8. The Balaban J connectivity index is 1.45. The van der Waals surface area contributed by atoms with Gasteiger partial charge in [0, 0.05) is 41.7 Å². The molecule has 35 heavy (non-hydrogen) atoms. The highest BCUT2D eigenvalue weighted by Gasteiger charge is 3.01. The lowest BCUT2D eigenvalue weighted by Gasteiger charge is -2.48. The number of aliphatic hydroxyl groups excluding tert-OH is 1. The average Bonchev–Trinajstić information content (AvgIpc) is 3.60. The number of aliphatic hydroxyl groups is 1. The molecule has 1 heterocycles. The SMILES string of the molecule is C/C=C(/CCN(C)C1C[C@@H](C)O[C@@H](C)C1)N(C)[C@@]1(CC)C2C(Cc3ccc(C)cc3)(C(C)O)C21C. The van der Waals surface area contributed by atoms with Crippen LogP contribution in [-0.4, -0.2) is 65.4 Å². The van der Waals surface area contributed by atoms with Gasteiger partial charge in [-0.3, -0.25) is 0 Å². The van der Waals surface area contributed by atoms with Crippen LogP contribution in [0.2, 0.25) is 0 Å². The van der Waals surface area contributed by atoms with Gasteiger partial charge >= 0.3 is 0 Å². The first-order chi connectivity index (χ1) is 16.5. The molecule has 0 spiro atoms. The zero-order valence-corrected chi connectivity index (χ0v) is 23.8. The molecule has 1 aromatic rings. The first-order valence-electron chi connectivity index (χ1n) is 14.0. The Labute approximate surface area is 214 Å². The van der Waals surface area contributed by atoms with Gasteiger partial charge in [0.2, 0.25) is 0 Å². The van der Waals surface area contributed by atoms with Crippen LogP contribution < -0.4 is 0 Å². The van der Waals surface area contributed by atoms with Gasteiger partial charge in [0.1, 0.15) is 0 Å². The maximum Gasteiger partial charge on any atom is 0.0581 e. The van der Waals surface area contributed by atoms with Gasteiger partial charge in [0.25, 0.3) is 0 Å². The number of hydrogen-bond acceptors (Lipinski definition) is 4. The molecular weight excluding hydrogens is 432 g/mol. The van der Waals surface area contributed by atoms with Gasteiger partial charge in [-0.05, 0) is 85.3 Å². The predicted molar refractivity (Wildman–Crippen MR) is 145 cm³/mol. The molecule has 1 saturated heterocycles. The highest BCUT2D eigenvalue weighted by Crippen LogP contribution is 2.96. The summed E-state index contributed by atoms with van der Waals surface area (Å²) < 4.78 is 5.97. The van der Waals surface area contributed by atoms with E-state index < -0.39 is 0 Å². The number of ether oxygens (including phenoxy) is 1. The van der Waals surface area contributed by atoms with Crippen molar-refractivity contribution in [3.8, 4) is 0 Å². The molecule has 3 fully saturated rings. The third kappa shape index (κ3) is 3.99. The molecule has 5 unspecified atom stereocenters. The van der Waals surface area contributed by atoms with Gasteiger partial charge in [-0.25, -0.2) is 0 Å². The van der Waals surface area contributed by atoms with Crippen LogP contribution in [0.1, 0.15) is 78.4 Å². The highest BCUT2D eigenvalue weighted by atomic mass is 16.5. The summed E-state index contributed by atoms with van der Waals surface area (Å²) in [5.74, 6) is 0.531. The molecule has 4 rings (SSSR count). The summed E-state index contributed by atoms with van der Waals surface area (Å²) in [6, 6.07) is 9.51. The Kier molecular flexibility index (Phi) is 7.25. The van der Waals surface area contributed by atoms with Crippen molar-refractivity contribution in [2.24, 2.45) is 16.7 Å². The van der Waals surface area contributed by atoms with E-state index in [2.05, 4.69) is 95.8 Å². The standard InChI is InChI=1S/C31H50N2O2/c1-10-26(16-17-32(8)27-18-22(4)35-23(5)19-27)33(9)31(11-2)28-29(31,7)30(28,24(6)34)20-25-14-12-21(3)13-15-25/h10,12-15,22-24,27-28,34H,11,16-20H2,1-9H3/b26-10-/t22-,23+,24?,27?,28?,29?,30?,31-/m0/s1. The summed E-state index contributed by atoms with van der Waals surface area (Å²) in [4.78, 5) is 5.16. The molecule has 4 nitrogen and oxygen atoms in total. The molecule has 0 bridgehead atoms. The van der Waals surface area contributed by atoms with E-state index in [1.165, 1.54) is 16.8 Å². The number of allylic oxidation sites excluding steroid dienone is 1. The minimum atomic E-state index is -0.301. The lowest BCUT2D eigenvalue weighted by Crippen LogP contribution is -2.52. The monoisotopic (exact) mass is 482 g/mol. The number of benzene rings is 1. The zero-order valence-electron chi connectivity index (χ0n) is 23.8. The minimum Gasteiger partial charge on any atom is -0.393 e. The van der Waals surface area contributed by atoms with E-state index in [0.717, 1.165) is 38.6 Å². The average molecular weight is 483 g/mol. The Morgan fingerprint density at radius 1 is 1.17 bits per heavy atom. The van der Waals surface area contributed by atoms with Crippen molar-refractivity contribution in [1.82, 2.24) is 9.80 Å². The second-order valence-electron chi connectivity index (χ2n) is 12.2. The Hall–Kier alpha value is -1.36. The molecule has 0 aromatic heterocycles. The summed E-state index contributed by atoms with van der Waals surface area (Å²) in [6.45, 7) is 16.6. The van der Waals surface area contributed by atoms with Gasteiger partial charge in [-0.2, -0.15) is 0 Å². The van der Waals surface area contributed by atoms with Crippen LogP contribution in [-0.2, 0) is 11.2 Å². The summed E-state index contributed by atoms with van der Waals surface area (Å²) in [5.41, 5.74) is 4.37. The largest absolute Gasteiger partial charge is 0.393 e. The van der Waals surface area contributed by atoms with Crippen molar-refractivity contribution < 1.29 is 9.84 Å². The molecule has 2 aliphatic carbocycles. The smallest absolute Gasteiger partial charge is 0.0581 e. The third-order valence-electron chi connectivity index (χ3n) is 10.6. The number of fused-ring (bicyclic) bond motifs is 1. The number of hydrogen-bond donors (Lipinski definition) is 1. The van der Waals surface area contributed by atoms with Crippen LogP contribution >= 0.6 is 0 Å². The van der Waals surface area contributed by atoms with Crippen LogP contribution in [0.25, 0.3) is 0 Å². The summed E-state index contributed by atoms with van der Waals surface area (Å²) in [7, 11) is 4.60. The summed E-state index contributed by atoms with van der Waals surface area (Å²) in [5, 5.41) is 11.0. The fourth-order valence-corrected chi connectivity index (χ4v) is 8.62. The van der Waals surface area contributed by atoms with Crippen molar-refractivity contribution in [1.29, 1.82) is 0 Å². The second-order valence-corrected chi connectivity index (χ2v) is 12.2. The quantitative estimate of drug-likeness (QED) is 0.456. The van der Waals surface area contributed by atoms with Crippen LogP contribution in [0, 0.1) is 23.7 Å². The van der Waals surface area contributed by atoms with Gasteiger partial charge in [-0.1, -0.05) is 49.8 Å². The van der Waals surface area contributed by atoms with E-state index in [9.17, 15) is 5.11 Å². The number of rotatable bonds is 10. The maximum atomic E-state index is 11.0. The molecule has 1 aliphatic heterocycles. The molecule has 3 aliphatic rings. The molecule has 1 N–H and O–H groups in total. The molecule has 196 valence electrons. The van der Waals surface area contributed by atoms with Crippen molar-refractivity contribution in [3.63, 3.8) is 0 Å².